The molecule has 24 heavy (non-hydrogen) atoms. The van der Waals surface area contributed by atoms with Gasteiger partial charge in [-0.25, -0.2) is 0 Å². The van der Waals surface area contributed by atoms with Gasteiger partial charge in [0, 0.05) is 36.0 Å². The van der Waals surface area contributed by atoms with Crippen LogP contribution in [0.1, 0.15) is 30.6 Å². The highest BCUT2D eigenvalue weighted by Gasteiger charge is 2.07. The number of benzene rings is 2. The Kier molecular flexibility index (Phi) is 5.68. The minimum Gasteiger partial charge on any atom is -0.326 e. The van der Waals surface area contributed by atoms with Gasteiger partial charge in [0.05, 0.1) is 0 Å². The van der Waals surface area contributed by atoms with Crippen LogP contribution in [0, 0.1) is 0 Å². The molecule has 0 saturated heterocycles. The van der Waals surface area contributed by atoms with Gasteiger partial charge in [0.2, 0.25) is 11.8 Å². The molecule has 6 nitrogen and oxygen atoms in total. The number of rotatable bonds is 5. The fourth-order valence-electron chi connectivity index (χ4n) is 2.00. The number of hydrogen-bond donors (Lipinski definition) is 3. The molecule has 2 aromatic rings. The quantitative estimate of drug-likeness (QED) is 0.788. The highest BCUT2D eigenvalue weighted by Crippen LogP contribution is 2.16. The Hall–Kier alpha value is -3.15. The van der Waals surface area contributed by atoms with Gasteiger partial charge in [-0.15, -0.1) is 0 Å². The lowest BCUT2D eigenvalue weighted by Crippen LogP contribution is -2.13. The van der Waals surface area contributed by atoms with Crippen LogP contribution >= 0.6 is 0 Å². The maximum absolute atomic E-state index is 12.2. The number of anilines is 3. The first-order valence-electron chi connectivity index (χ1n) is 7.57. The Bertz CT molecular complexity index is 737. The molecule has 0 heterocycles. The van der Waals surface area contributed by atoms with Crippen LogP contribution in [0.3, 0.4) is 0 Å². The standard InChI is InChI=1S/C18H19N3O3/c1-3-17(23)20-15-6-4-13(5-7-15)18(24)21-16-10-8-14(9-11-16)19-12(2)22/h4-11H,3H2,1-2H3,(H,19,22)(H,20,23)(H,21,24). The Balaban J connectivity index is 1.99. The number of carbonyl (C=O) groups is 3. The first-order chi connectivity index (χ1) is 11.5. The van der Waals surface area contributed by atoms with Crippen LogP contribution in [0.5, 0.6) is 0 Å². The molecule has 0 radical (unpaired) electrons. The molecule has 124 valence electrons. The average molecular weight is 325 g/mol. The van der Waals surface area contributed by atoms with Gasteiger partial charge in [-0.3, -0.25) is 14.4 Å². The van der Waals surface area contributed by atoms with Crippen molar-refractivity contribution in [1.29, 1.82) is 0 Å². The second kappa shape index (κ2) is 7.92. The Labute approximate surface area is 140 Å². The second-order valence-corrected chi connectivity index (χ2v) is 5.19. The summed E-state index contributed by atoms with van der Waals surface area (Å²) < 4.78 is 0. The van der Waals surface area contributed by atoms with Gasteiger partial charge in [0.1, 0.15) is 0 Å². The zero-order valence-electron chi connectivity index (χ0n) is 13.6. The van der Waals surface area contributed by atoms with Crippen molar-refractivity contribution in [3.05, 3.63) is 54.1 Å². The van der Waals surface area contributed by atoms with Gasteiger partial charge in [-0.05, 0) is 48.5 Å². The second-order valence-electron chi connectivity index (χ2n) is 5.19. The summed E-state index contributed by atoms with van der Waals surface area (Å²) in [5.41, 5.74) is 2.42. The van der Waals surface area contributed by atoms with Crippen LogP contribution in [0.2, 0.25) is 0 Å². The minimum absolute atomic E-state index is 0.0774. The first-order valence-corrected chi connectivity index (χ1v) is 7.57. The number of amides is 3. The molecule has 3 amide bonds. The van der Waals surface area contributed by atoms with Crippen molar-refractivity contribution in [3.8, 4) is 0 Å². The SMILES string of the molecule is CCC(=O)Nc1ccc(C(=O)Nc2ccc(NC(C)=O)cc2)cc1. The zero-order valence-corrected chi connectivity index (χ0v) is 13.6. The van der Waals surface area contributed by atoms with Crippen molar-refractivity contribution in [2.75, 3.05) is 16.0 Å². The molecule has 0 unspecified atom stereocenters. The number of carbonyl (C=O) groups excluding carboxylic acids is 3. The van der Waals surface area contributed by atoms with E-state index < -0.39 is 0 Å². The monoisotopic (exact) mass is 325 g/mol. The molecule has 0 aliphatic heterocycles. The van der Waals surface area contributed by atoms with Crippen molar-refractivity contribution in [2.24, 2.45) is 0 Å². The Morgan fingerprint density at radius 2 is 1.21 bits per heavy atom. The average Bonchev–Trinajstić information content (AvgIpc) is 2.56. The van der Waals surface area contributed by atoms with E-state index in [1.807, 2.05) is 0 Å². The molecular weight excluding hydrogens is 306 g/mol. The van der Waals surface area contributed by atoms with E-state index >= 15 is 0 Å². The molecule has 0 spiro atoms. The number of nitrogens with one attached hydrogen (secondary N) is 3. The summed E-state index contributed by atoms with van der Waals surface area (Å²) in [5, 5.41) is 8.15. The molecule has 0 fully saturated rings. The van der Waals surface area contributed by atoms with Gasteiger partial charge < -0.3 is 16.0 Å². The van der Waals surface area contributed by atoms with Crippen molar-refractivity contribution in [3.63, 3.8) is 0 Å². The molecule has 0 aromatic heterocycles. The summed E-state index contributed by atoms with van der Waals surface area (Å²) in [6.45, 7) is 3.20. The molecule has 0 atom stereocenters. The first kappa shape index (κ1) is 17.2. The summed E-state index contributed by atoms with van der Waals surface area (Å²) in [6, 6.07) is 13.5. The van der Waals surface area contributed by atoms with Gasteiger partial charge in [-0.1, -0.05) is 6.92 Å². The van der Waals surface area contributed by atoms with E-state index in [1.54, 1.807) is 55.5 Å². The van der Waals surface area contributed by atoms with Crippen molar-refractivity contribution >= 4 is 34.8 Å². The van der Waals surface area contributed by atoms with Crippen molar-refractivity contribution in [2.45, 2.75) is 20.3 Å². The minimum atomic E-state index is -0.254. The molecule has 3 N–H and O–H groups in total. The van der Waals surface area contributed by atoms with Crippen LogP contribution in [0.25, 0.3) is 0 Å². The molecule has 0 bridgehead atoms. The van der Waals surface area contributed by atoms with Crippen LogP contribution in [0.4, 0.5) is 17.1 Å². The fourth-order valence-corrected chi connectivity index (χ4v) is 2.00. The normalized spacial score (nSPS) is 9.92. The van der Waals surface area contributed by atoms with Gasteiger partial charge in [0.15, 0.2) is 0 Å². The summed E-state index contributed by atoms with van der Waals surface area (Å²) in [6.07, 6.45) is 0.400. The van der Waals surface area contributed by atoms with Gasteiger partial charge in [-0.2, -0.15) is 0 Å². The van der Waals surface area contributed by atoms with Crippen LogP contribution in [-0.2, 0) is 9.59 Å². The summed E-state index contributed by atoms with van der Waals surface area (Å²) in [5.74, 6) is -0.482. The maximum atomic E-state index is 12.2. The molecule has 6 heteroatoms. The molecular formula is C18H19N3O3. The predicted molar refractivity (Wildman–Crippen MR) is 94.1 cm³/mol. The van der Waals surface area contributed by atoms with E-state index in [0.29, 0.717) is 29.0 Å². The third kappa shape index (κ3) is 4.95. The van der Waals surface area contributed by atoms with Crippen LogP contribution in [-0.4, -0.2) is 17.7 Å². The van der Waals surface area contributed by atoms with E-state index in [1.165, 1.54) is 6.92 Å². The van der Waals surface area contributed by atoms with E-state index in [9.17, 15) is 14.4 Å². The smallest absolute Gasteiger partial charge is 0.255 e. The lowest BCUT2D eigenvalue weighted by Gasteiger charge is -2.08. The Morgan fingerprint density at radius 1 is 0.750 bits per heavy atom. The largest absolute Gasteiger partial charge is 0.326 e. The molecule has 2 aromatic carbocycles. The molecule has 2 rings (SSSR count). The predicted octanol–water partition coefficient (Wildman–Crippen LogP) is 3.25. The van der Waals surface area contributed by atoms with Crippen LogP contribution < -0.4 is 16.0 Å². The highest BCUT2D eigenvalue weighted by atomic mass is 16.2. The maximum Gasteiger partial charge on any atom is 0.255 e. The number of hydrogen-bond acceptors (Lipinski definition) is 3. The van der Waals surface area contributed by atoms with Crippen molar-refractivity contribution in [1.82, 2.24) is 0 Å². The Morgan fingerprint density at radius 3 is 1.71 bits per heavy atom. The van der Waals surface area contributed by atoms with E-state index in [2.05, 4.69) is 16.0 Å². The molecule has 0 saturated carbocycles. The van der Waals surface area contributed by atoms with E-state index in [-0.39, 0.29) is 17.7 Å². The fraction of sp³-hybridized carbons (Fsp3) is 0.167. The third-order valence-electron chi connectivity index (χ3n) is 3.22. The lowest BCUT2D eigenvalue weighted by molar-refractivity contribution is -0.116. The topological polar surface area (TPSA) is 87.3 Å². The highest BCUT2D eigenvalue weighted by molar-refractivity contribution is 6.04. The van der Waals surface area contributed by atoms with E-state index in [4.69, 9.17) is 0 Å². The van der Waals surface area contributed by atoms with E-state index in [0.717, 1.165) is 0 Å². The molecule has 0 aliphatic carbocycles. The lowest BCUT2D eigenvalue weighted by atomic mass is 10.2. The third-order valence-corrected chi connectivity index (χ3v) is 3.22. The van der Waals surface area contributed by atoms with Gasteiger partial charge >= 0.3 is 0 Å². The van der Waals surface area contributed by atoms with Crippen molar-refractivity contribution < 1.29 is 14.4 Å². The summed E-state index contributed by atoms with van der Waals surface area (Å²) in [7, 11) is 0. The molecule has 0 aliphatic rings. The zero-order chi connectivity index (χ0) is 17.5. The van der Waals surface area contributed by atoms with Gasteiger partial charge in [0.25, 0.3) is 5.91 Å². The summed E-state index contributed by atoms with van der Waals surface area (Å²) in [4.78, 5) is 34.5. The van der Waals surface area contributed by atoms with Crippen LogP contribution in [0.15, 0.2) is 48.5 Å². The summed E-state index contributed by atoms with van der Waals surface area (Å²) >= 11 is 0.